The second kappa shape index (κ2) is 9.38. The van der Waals surface area contributed by atoms with Crippen LogP contribution in [-0.4, -0.2) is 55.6 Å². The highest BCUT2D eigenvalue weighted by atomic mass is 19.4. The third kappa shape index (κ3) is 5.24. The number of hydrogen-bond acceptors (Lipinski definition) is 4. The summed E-state index contributed by atoms with van der Waals surface area (Å²) < 4.78 is 48.8. The van der Waals surface area contributed by atoms with E-state index in [0.29, 0.717) is 56.4 Å². The number of halogens is 3. The van der Waals surface area contributed by atoms with Crippen molar-refractivity contribution in [2.75, 3.05) is 39.9 Å². The van der Waals surface area contributed by atoms with E-state index in [4.69, 9.17) is 9.47 Å². The fraction of sp³-hybridized carbons (Fsp3) is 0.409. The van der Waals surface area contributed by atoms with Gasteiger partial charge in [-0.05, 0) is 42.8 Å². The molecule has 0 bridgehead atoms. The molecule has 0 aliphatic carbocycles. The fourth-order valence-electron chi connectivity index (χ4n) is 3.42. The van der Waals surface area contributed by atoms with Gasteiger partial charge in [0, 0.05) is 38.3 Å². The molecule has 1 heterocycles. The van der Waals surface area contributed by atoms with Crippen LogP contribution in [0.3, 0.4) is 0 Å². The molecule has 0 N–H and O–H groups in total. The van der Waals surface area contributed by atoms with Crippen LogP contribution in [0.5, 0.6) is 11.5 Å². The molecule has 162 valence electrons. The van der Waals surface area contributed by atoms with Gasteiger partial charge in [-0.2, -0.15) is 13.2 Å². The van der Waals surface area contributed by atoms with E-state index in [1.807, 2.05) is 6.92 Å². The Kier molecular flexibility index (Phi) is 6.87. The Balaban J connectivity index is 1.57. The van der Waals surface area contributed by atoms with Gasteiger partial charge in [-0.1, -0.05) is 12.1 Å². The first-order valence-electron chi connectivity index (χ1n) is 9.80. The Morgan fingerprint density at radius 2 is 1.67 bits per heavy atom. The predicted octanol–water partition coefficient (Wildman–Crippen LogP) is 4.07. The maximum Gasteiger partial charge on any atom is 0.416 e. The molecule has 8 heteroatoms. The van der Waals surface area contributed by atoms with Crippen molar-refractivity contribution in [3.8, 4) is 11.5 Å². The van der Waals surface area contributed by atoms with Crippen LogP contribution in [0.25, 0.3) is 0 Å². The molecule has 1 fully saturated rings. The van der Waals surface area contributed by atoms with E-state index in [9.17, 15) is 18.0 Å². The van der Waals surface area contributed by atoms with Gasteiger partial charge in [0.2, 0.25) is 0 Å². The lowest BCUT2D eigenvalue weighted by atomic mass is 10.1. The molecule has 5 nitrogen and oxygen atoms in total. The molecule has 1 aliphatic heterocycles. The van der Waals surface area contributed by atoms with Crippen molar-refractivity contribution in [1.82, 2.24) is 9.80 Å². The summed E-state index contributed by atoms with van der Waals surface area (Å²) in [7, 11) is 1.53. The minimum absolute atomic E-state index is 0.0782. The van der Waals surface area contributed by atoms with Crippen LogP contribution in [0, 0.1) is 0 Å². The number of ether oxygens (including phenoxy) is 2. The van der Waals surface area contributed by atoms with E-state index in [1.165, 1.54) is 19.2 Å². The number of benzene rings is 2. The van der Waals surface area contributed by atoms with E-state index in [-0.39, 0.29) is 5.91 Å². The molecular formula is C22H25F3N2O3. The first-order valence-corrected chi connectivity index (χ1v) is 9.80. The largest absolute Gasteiger partial charge is 0.493 e. The molecule has 30 heavy (non-hydrogen) atoms. The van der Waals surface area contributed by atoms with E-state index < -0.39 is 11.7 Å². The van der Waals surface area contributed by atoms with Crippen LogP contribution >= 0.6 is 0 Å². The number of hydrogen-bond donors (Lipinski definition) is 0. The van der Waals surface area contributed by atoms with Crippen LogP contribution in [-0.2, 0) is 12.7 Å². The second-order valence-corrected chi connectivity index (χ2v) is 7.06. The number of alkyl halides is 3. The number of amides is 1. The summed E-state index contributed by atoms with van der Waals surface area (Å²) in [5.41, 5.74) is 0.706. The van der Waals surface area contributed by atoms with Crippen molar-refractivity contribution in [3.63, 3.8) is 0 Å². The lowest BCUT2D eigenvalue weighted by Gasteiger charge is -2.35. The average Bonchev–Trinajstić information content (AvgIpc) is 2.74. The van der Waals surface area contributed by atoms with Crippen molar-refractivity contribution in [3.05, 3.63) is 59.2 Å². The molecular weight excluding hydrogens is 397 g/mol. The van der Waals surface area contributed by atoms with Gasteiger partial charge in [-0.15, -0.1) is 0 Å². The number of carbonyl (C=O) groups excluding carboxylic acids is 1. The van der Waals surface area contributed by atoms with Gasteiger partial charge in [0.25, 0.3) is 5.91 Å². The summed E-state index contributed by atoms with van der Waals surface area (Å²) in [4.78, 5) is 16.7. The molecule has 0 saturated carbocycles. The van der Waals surface area contributed by atoms with Crippen molar-refractivity contribution < 1.29 is 27.4 Å². The highest BCUT2D eigenvalue weighted by molar-refractivity contribution is 5.95. The smallest absolute Gasteiger partial charge is 0.416 e. The monoisotopic (exact) mass is 422 g/mol. The van der Waals surface area contributed by atoms with E-state index in [1.54, 1.807) is 23.1 Å². The summed E-state index contributed by atoms with van der Waals surface area (Å²) in [5.74, 6) is 1.03. The number of carbonyl (C=O) groups is 1. The lowest BCUT2D eigenvalue weighted by Crippen LogP contribution is -2.48. The number of piperazine rings is 1. The molecule has 0 spiro atoms. The van der Waals surface area contributed by atoms with Crippen molar-refractivity contribution in [2.24, 2.45) is 0 Å². The minimum Gasteiger partial charge on any atom is -0.493 e. The number of rotatable bonds is 6. The lowest BCUT2D eigenvalue weighted by molar-refractivity contribution is -0.137. The maximum absolute atomic E-state index is 12.8. The van der Waals surface area contributed by atoms with Crippen LogP contribution in [0.2, 0.25) is 0 Å². The molecule has 2 aromatic carbocycles. The zero-order valence-corrected chi connectivity index (χ0v) is 17.0. The summed E-state index contributed by atoms with van der Waals surface area (Å²) in [6.45, 7) is 5.34. The minimum atomic E-state index is -4.33. The summed E-state index contributed by atoms with van der Waals surface area (Å²) in [6.07, 6.45) is -4.33. The quantitative estimate of drug-likeness (QED) is 0.704. The predicted molar refractivity (Wildman–Crippen MR) is 107 cm³/mol. The first-order chi connectivity index (χ1) is 14.3. The van der Waals surface area contributed by atoms with Crippen LogP contribution in [0.4, 0.5) is 13.2 Å². The third-order valence-corrected chi connectivity index (χ3v) is 5.06. The van der Waals surface area contributed by atoms with Gasteiger partial charge >= 0.3 is 6.18 Å². The zero-order valence-electron chi connectivity index (χ0n) is 17.0. The Labute approximate surface area is 174 Å². The zero-order chi connectivity index (χ0) is 21.7. The molecule has 2 aromatic rings. The molecule has 3 rings (SSSR count). The molecule has 1 aliphatic rings. The summed E-state index contributed by atoms with van der Waals surface area (Å²) in [6, 6.07) is 10.4. The van der Waals surface area contributed by atoms with Gasteiger partial charge in [0.15, 0.2) is 11.5 Å². The molecule has 0 atom stereocenters. The fourth-order valence-corrected chi connectivity index (χ4v) is 3.42. The number of nitrogens with zero attached hydrogens (tertiary/aromatic N) is 2. The highest BCUT2D eigenvalue weighted by Crippen LogP contribution is 2.30. The van der Waals surface area contributed by atoms with E-state index in [2.05, 4.69) is 4.90 Å². The van der Waals surface area contributed by atoms with Crippen LogP contribution in [0.15, 0.2) is 42.5 Å². The molecule has 1 saturated heterocycles. The molecule has 0 aromatic heterocycles. The van der Waals surface area contributed by atoms with E-state index >= 15 is 0 Å². The maximum atomic E-state index is 12.8. The third-order valence-electron chi connectivity index (χ3n) is 5.06. The summed E-state index contributed by atoms with van der Waals surface area (Å²) in [5, 5.41) is 0. The van der Waals surface area contributed by atoms with Gasteiger partial charge in [-0.25, -0.2) is 0 Å². The number of methoxy groups -OCH3 is 1. The van der Waals surface area contributed by atoms with Gasteiger partial charge < -0.3 is 14.4 Å². The molecule has 0 radical (unpaired) electrons. The highest BCUT2D eigenvalue weighted by Gasteiger charge is 2.30. The van der Waals surface area contributed by atoms with Gasteiger partial charge in [0.05, 0.1) is 19.3 Å². The molecule has 0 unspecified atom stereocenters. The van der Waals surface area contributed by atoms with Crippen LogP contribution < -0.4 is 9.47 Å². The van der Waals surface area contributed by atoms with Crippen molar-refractivity contribution in [2.45, 2.75) is 19.6 Å². The Hall–Kier alpha value is -2.74. The standard InChI is InChI=1S/C22H25F3N2O3/c1-3-30-19-9-6-17(14-20(19)29-2)21(28)27-12-10-26(11-13-27)15-16-4-7-18(8-5-16)22(23,24)25/h4-9,14H,3,10-13,15H2,1-2H3. The topological polar surface area (TPSA) is 42.0 Å². The second-order valence-electron chi connectivity index (χ2n) is 7.06. The Bertz CT molecular complexity index is 861. The van der Waals surface area contributed by atoms with E-state index in [0.717, 1.165) is 17.7 Å². The van der Waals surface area contributed by atoms with Crippen LogP contribution in [0.1, 0.15) is 28.4 Å². The van der Waals surface area contributed by atoms with Gasteiger partial charge in [-0.3, -0.25) is 9.69 Å². The SMILES string of the molecule is CCOc1ccc(C(=O)N2CCN(Cc3ccc(C(F)(F)F)cc3)CC2)cc1OC. The van der Waals surface area contributed by atoms with Gasteiger partial charge in [0.1, 0.15) is 0 Å². The molecule has 1 amide bonds. The normalized spacial score (nSPS) is 15.2. The Morgan fingerprint density at radius 1 is 1.00 bits per heavy atom. The summed E-state index contributed by atoms with van der Waals surface area (Å²) >= 11 is 0. The first kappa shape index (κ1) is 22.0. The Morgan fingerprint density at radius 3 is 2.23 bits per heavy atom. The van der Waals surface area contributed by atoms with Crippen molar-refractivity contribution in [1.29, 1.82) is 0 Å². The van der Waals surface area contributed by atoms with Crippen molar-refractivity contribution >= 4 is 5.91 Å². The average molecular weight is 422 g/mol.